The Morgan fingerprint density at radius 2 is 1.57 bits per heavy atom. The molecule has 2 aromatic carbocycles. The Morgan fingerprint density at radius 3 is 2.19 bits per heavy atom. The standard InChI is InChI=1S/C18H16O3/c1-2-21-18(20)17(19)13-10-14-8-11-16(12-9-14)15-6-4-3-5-7-15/h3-13H,2H2,1H3/b13-10+. The van der Waals surface area contributed by atoms with Crippen molar-refractivity contribution in [3.8, 4) is 11.1 Å². The number of ketones is 1. The second-order valence-electron chi connectivity index (χ2n) is 4.41. The van der Waals surface area contributed by atoms with Crippen molar-refractivity contribution < 1.29 is 14.3 Å². The van der Waals surface area contributed by atoms with E-state index in [1.807, 2.05) is 54.6 Å². The van der Waals surface area contributed by atoms with Gasteiger partial charge in [0.15, 0.2) is 0 Å². The van der Waals surface area contributed by atoms with Crippen molar-refractivity contribution in [3.63, 3.8) is 0 Å². The van der Waals surface area contributed by atoms with Gasteiger partial charge in [-0.3, -0.25) is 4.79 Å². The van der Waals surface area contributed by atoms with Gasteiger partial charge in [0.1, 0.15) is 0 Å². The Bertz CT molecular complexity index is 640. The Kier molecular flexibility index (Phi) is 5.04. The molecule has 0 spiro atoms. The minimum Gasteiger partial charge on any atom is -0.460 e. The first-order valence-corrected chi connectivity index (χ1v) is 6.75. The maximum absolute atomic E-state index is 11.4. The van der Waals surface area contributed by atoms with Gasteiger partial charge >= 0.3 is 5.97 Å². The molecule has 0 aliphatic heterocycles. The number of rotatable bonds is 5. The van der Waals surface area contributed by atoms with Crippen LogP contribution in [0.25, 0.3) is 17.2 Å². The summed E-state index contributed by atoms with van der Waals surface area (Å²) < 4.78 is 4.63. The molecule has 0 unspecified atom stereocenters. The molecule has 0 radical (unpaired) electrons. The van der Waals surface area contributed by atoms with Crippen LogP contribution in [0, 0.1) is 0 Å². The number of esters is 1. The van der Waals surface area contributed by atoms with Gasteiger partial charge in [-0.1, -0.05) is 60.7 Å². The van der Waals surface area contributed by atoms with Crippen LogP contribution in [0.1, 0.15) is 12.5 Å². The molecule has 2 aromatic rings. The van der Waals surface area contributed by atoms with Crippen LogP contribution in [-0.4, -0.2) is 18.4 Å². The van der Waals surface area contributed by atoms with Crippen molar-refractivity contribution in [2.24, 2.45) is 0 Å². The second kappa shape index (κ2) is 7.20. The molecule has 0 saturated heterocycles. The van der Waals surface area contributed by atoms with Crippen molar-refractivity contribution in [1.82, 2.24) is 0 Å². The third kappa shape index (κ3) is 4.14. The predicted molar refractivity (Wildman–Crippen MR) is 82.6 cm³/mol. The molecule has 21 heavy (non-hydrogen) atoms. The van der Waals surface area contributed by atoms with E-state index < -0.39 is 11.8 Å². The van der Waals surface area contributed by atoms with Gasteiger partial charge in [-0.2, -0.15) is 0 Å². The van der Waals surface area contributed by atoms with E-state index in [0.717, 1.165) is 16.7 Å². The average molecular weight is 280 g/mol. The number of hydrogen-bond acceptors (Lipinski definition) is 3. The minimum absolute atomic E-state index is 0.199. The normalized spacial score (nSPS) is 10.5. The van der Waals surface area contributed by atoms with Crippen molar-refractivity contribution in [2.45, 2.75) is 6.92 Å². The first kappa shape index (κ1) is 14.7. The lowest BCUT2D eigenvalue weighted by molar-refractivity contribution is -0.151. The van der Waals surface area contributed by atoms with Crippen LogP contribution in [0.15, 0.2) is 60.7 Å². The molecule has 0 bridgehead atoms. The van der Waals surface area contributed by atoms with Crippen LogP contribution in [0.2, 0.25) is 0 Å². The van der Waals surface area contributed by atoms with Crippen molar-refractivity contribution in [2.75, 3.05) is 6.61 Å². The van der Waals surface area contributed by atoms with Crippen LogP contribution < -0.4 is 0 Å². The van der Waals surface area contributed by atoms with E-state index >= 15 is 0 Å². The summed E-state index contributed by atoms with van der Waals surface area (Å²) in [7, 11) is 0. The minimum atomic E-state index is -0.824. The molecule has 0 aliphatic rings. The molecule has 0 heterocycles. The van der Waals surface area contributed by atoms with Crippen molar-refractivity contribution in [3.05, 3.63) is 66.2 Å². The maximum atomic E-state index is 11.4. The fourth-order valence-electron chi connectivity index (χ4n) is 1.86. The van der Waals surface area contributed by atoms with E-state index in [9.17, 15) is 9.59 Å². The molecule has 3 nitrogen and oxygen atoms in total. The largest absolute Gasteiger partial charge is 0.460 e. The van der Waals surface area contributed by atoms with E-state index in [0.29, 0.717) is 0 Å². The highest BCUT2D eigenvalue weighted by Crippen LogP contribution is 2.19. The Balaban J connectivity index is 2.06. The second-order valence-corrected chi connectivity index (χ2v) is 4.41. The molecule has 0 aromatic heterocycles. The van der Waals surface area contributed by atoms with Crippen LogP contribution in [-0.2, 0) is 14.3 Å². The van der Waals surface area contributed by atoms with Crippen LogP contribution in [0.4, 0.5) is 0 Å². The number of ether oxygens (including phenoxy) is 1. The van der Waals surface area contributed by atoms with Gasteiger partial charge < -0.3 is 4.74 Å². The molecule has 0 amide bonds. The van der Waals surface area contributed by atoms with Crippen LogP contribution >= 0.6 is 0 Å². The zero-order chi connectivity index (χ0) is 15.1. The summed E-state index contributed by atoms with van der Waals surface area (Å²) in [6.45, 7) is 1.86. The van der Waals surface area contributed by atoms with E-state index in [1.54, 1.807) is 13.0 Å². The molecule has 0 fully saturated rings. The summed E-state index contributed by atoms with van der Waals surface area (Å²) in [5.41, 5.74) is 3.09. The first-order valence-electron chi connectivity index (χ1n) is 6.75. The molecule has 0 saturated carbocycles. The van der Waals surface area contributed by atoms with E-state index in [1.165, 1.54) is 6.08 Å². The predicted octanol–water partition coefficient (Wildman–Crippen LogP) is 3.50. The van der Waals surface area contributed by atoms with Gasteiger partial charge in [0.05, 0.1) is 6.61 Å². The topological polar surface area (TPSA) is 43.4 Å². The monoisotopic (exact) mass is 280 g/mol. The van der Waals surface area contributed by atoms with E-state index in [2.05, 4.69) is 4.74 Å². The molecule has 3 heteroatoms. The Labute approximate surface area is 123 Å². The Morgan fingerprint density at radius 1 is 0.952 bits per heavy atom. The fraction of sp³-hybridized carbons (Fsp3) is 0.111. The molecular formula is C18H16O3. The number of carbonyl (C=O) groups excluding carboxylic acids is 2. The zero-order valence-electron chi connectivity index (χ0n) is 11.8. The number of benzene rings is 2. The molecular weight excluding hydrogens is 264 g/mol. The average Bonchev–Trinajstić information content (AvgIpc) is 2.54. The summed E-state index contributed by atoms with van der Waals surface area (Å²) >= 11 is 0. The lowest BCUT2D eigenvalue weighted by Gasteiger charge is -2.01. The highest BCUT2D eigenvalue weighted by atomic mass is 16.5. The maximum Gasteiger partial charge on any atom is 0.379 e. The summed E-state index contributed by atoms with van der Waals surface area (Å²) in [4.78, 5) is 22.6. The fourth-order valence-corrected chi connectivity index (χ4v) is 1.86. The summed E-state index contributed by atoms with van der Waals surface area (Å²) in [6.07, 6.45) is 2.84. The quantitative estimate of drug-likeness (QED) is 0.478. The summed E-state index contributed by atoms with van der Waals surface area (Å²) in [5, 5.41) is 0. The molecule has 0 atom stereocenters. The van der Waals surface area contributed by atoms with Gasteiger partial charge in [0, 0.05) is 0 Å². The van der Waals surface area contributed by atoms with Gasteiger partial charge in [0.25, 0.3) is 5.78 Å². The lowest BCUT2D eigenvalue weighted by Crippen LogP contribution is -2.14. The first-order chi connectivity index (χ1) is 10.2. The highest BCUT2D eigenvalue weighted by Gasteiger charge is 2.10. The molecule has 0 aliphatic carbocycles. The van der Waals surface area contributed by atoms with Gasteiger partial charge in [-0.05, 0) is 29.7 Å². The molecule has 2 rings (SSSR count). The molecule has 0 N–H and O–H groups in total. The third-order valence-electron chi connectivity index (χ3n) is 2.92. The van der Waals surface area contributed by atoms with Crippen LogP contribution in [0.5, 0.6) is 0 Å². The SMILES string of the molecule is CCOC(=O)C(=O)/C=C/c1ccc(-c2ccccc2)cc1. The van der Waals surface area contributed by atoms with Gasteiger partial charge in [-0.15, -0.1) is 0 Å². The van der Waals surface area contributed by atoms with Gasteiger partial charge in [-0.25, -0.2) is 4.79 Å². The van der Waals surface area contributed by atoms with E-state index in [-0.39, 0.29) is 6.61 Å². The van der Waals surface area contributed by atoms with Crippen LogP contribution in [0.3, 0.4) is 0 Å². The lowest BCUT2D eigenvalue weighted by atomic mass is 10.0. The molecule has 106 valence electrons. The van der Waals surface area contributed by atoms with Crippen molar-refractivity contribution in [1.29, 1.82) is 0 Å². The smallest absolute Gasteiger partial charge is 0.379 e. The summed E-state index contributed by atoms with van der Waals surface area (Å²) in [6, 6.07) is 17.8. The highest BCUT2D eigenvalue weighted by molar-refractivity contribution is 6.39. The third-order valence-corrected chi connectivity index (χ3v) is 2.92. The number of carbonyl (C=O) groups is 2. The van der Waals surface area contributed by atoms with E-state index in [4.69, 9.17) is 0 Å². The zero-order valence-corrected chi connectivity index (χ0v) is 11.8. The summed E-state index contributed by atoms with van der Waals surface area (Å²) in [5.74, 6) is -1.47. The number of hydrogen-bond donors (Lipinski definition) is 0. The van der Waals surface area contributed by atoms with Crippen molar-refractivity contribution >= 4 is 17.8 Å². The van der Waals surface area contributed by atoms with Gasteiger partial charge in [0.2, 0.25) is 0 Å². The Hall–Kier alpha value is -2.68.